The average Bonchev–Trinajstić information content (AvgIpc) is 2.38. The Hall–Kier alpha value is -2.00. The van der Waals surface area contributed by atoms with E-state index in [1.807, 2.05) is 24.3 Å². The van der Waals surface area contributed by atoms with Gasteiger partial charge in [0.05, 0.1) is 18.1 Å². The molecule has 0 aromatic heterocycles. The molecule has 0 atom stereocenters. The minimum atomic E-state index is -1.28. The Morgan fingerprint density at radius 2 is 1.72 bits per heavy atom. The van der Waals surface area contributed by atoms with Crippen molar-refractivity contribution in [3.05, 3.63) is 53.1 Å². The highest BCUT2D eigenvalue weighted by molar-refractivity contribution is 6.33. The van der Waals surface area contributed by atoms with Gasteiger partial charge in [0.1, 0.15) is 5.75 Å². The predicted octanol–water partition coefficient (Wildman–Crippen LogP) is 2.38. The molecule has 3 nitrogen and oxygen atoms in total. The van der Waals surface area contributed by atoms with Crippen molar-refractivity contribution in [3.8, 4) is 16.9 Å². The van der Waals surface area contributed by atoms with Crippen molar-refractivity contribution in [3.63, 3.8) is 0 Å². The van der Waals surface area contributed by atoms with Crippen molar-refractivity contribution < 1.29 is 14.6 Å². The summed E-state index contributed by atoms with van der Waals surface area (Å²) in [5.74, 6) is -0.516. The van der Waals surface area contributed by atoms with E-state index in [9.17, 15) is 9.90 Å². The molecule has 0 saturated heterocycles. The van der Waals surface area contributed by atoms with E-state index >= 15 is 0 Å². The monoisotopic (exact) mass is 261 g/mol. The third kappa shape index (κ3) is 2.46. The van der Waals surface area contributed by atoms with E-state index in [1.54, 1.807) is 19.2 Å². The molecule has 18 heavy (non-hydrogen) atoms. The Morgan fingerprint density at radius 1 is 1.11 bits per heavy atom. The third-order valence-corrected chi connectivity index (χ3v) is 2.93. The number of carboxylic acid groups (broad SMARTS) is 1. The molecule has 2 aromatic carbocycles. The van der Waals surface area contributed by atoms with Crippen LogP contribution >= 0.6 is 11.6 Å². The summed E-state index contributed by atoms with van der Waals surface area (Å²) in [4.78, 5) is 10.7. The van der Waals surface area contributed by atoms with Crippen molar-refractivity contribution in [1.82, 2.24) is 0 Å². The zero-order chi connectivity index (χ0) is 13.1. The van der Waals surface area contributed by atoms with Gasteiger partial charge in [-0.25, -0.2) is 0 Å². The van der Waals surface area contributed by atoms with Crippen molar-refractivity contribution in [2.45, 2.75) is 0 Å². The molecule has 4 heteroatoms. The van der Waals surface area contributed by atoms with Crippen LogP contribution in [0, 0.1) is 0 Å². The highest BCUT2D eigenvalue weighted by Gasteiger charge is 2.04. The van der Waals surface area contributed by atoms with Gasteiger partial charge < -0.3 is 14.6 Å². The second-order valence-electron chi connectivity index (χ2n) is 3.71. The summed E-state index contributed by atoms with van der Waals surface area (Å²) in [6, 6.07) is 12.2. The predicted molar refractivity (Wildman–Crippen MR) is 67.8 cm³/mol. The van der Waals surface area contributed by atoms with Crippen LogP contribution in [0.1, 0.15) is 10.4 Å². The second kappa shape index (κ2) is 5.10. The van der Waals surface area contributed by atoms with Crippen LogP contribution in [-0.2, 0) is 0 Å². The maximum absolute atomic E-state index is 10.7. The van der Waals surface area contributed by atoms with E-state index in [0.29, 0.717) is 0 Å². The number of halogens is 1. The van der Waals surface area contributed by atoms with Crippen LogP contribution in [-0.4, -0.2) is 13.1 Å². The quantitative estimate of drug-likeness (QED) is 0.852. The van der Waals surface area contributed by atoms with Gasteiger partial charge in [-0.2, -0.15) is 0 Å². The third-order valence-electron chi connectivity index (χ3n) is 2.61. The number of benzene rings is 2. The zero-order valence-electron chi connectivity index (χ0n) is 9.64. The number of hydrogen-bond acceptors (Lipinski definition) is 3. The molecule has 0 fully saturated rings. The maximum Gasteiger partial charge on any atom is 0.118 e. The van der Waals surface area contributed by atoms with Crippen molar-refractivity contribution in [1.29, 1.82) is 0 Å². The van der Waals surface area contributed by atoms with Crippen LogP contribution < -0.4 is 9.84 Å². The first-order valence-electron chi connectivity index (χ1n) is 5.27. The number of rotatable bonds is 3. The Bertz CT molecular complexity index is 576. The van der Waals surface area contributed by atoms with Gasteiger partial charge in [-0.15, -0.1) is 0 Å². The van der Waals surface area contributed by atoms with Crippen LogP contribution in [0.4, 0.5) is 0 Å². The summed E-state index contributed by atoms with van der Waals surface area (Å²) < 4.78 is 5.07. The molecule has 0 saturated carbocycles. The molecule has 0 aliphatic heterocycles. The molecule has 2 rings (SSSR count). The van der Waals surface area contributed by atoms with Gasteiger partial charge >= 0.3 is 0 Å². The van der Waals surface area contributed by atoms with Crippen molar-refractivity contribution >= 4 is 17.6 Å². The topological polar surface area (TPSA) is 49.4 Å². The van der Waals surface area contributed by atoms with E-state index in [0.717, 1.165) is 16.9 Å². The minimum Gasteiger partial charge on any atom is -0.545 e. The number of methoxy groups -OCH3 is 1. The van der Waals surface area contributed by atoms with Crippen molar-refractivity contribution in [2.24, 2.45) is 0 Å². The Balaban J connectivity index is 2.39. The lowest BCUT2D eigenvalue weighted by molar-refractivity contribution is -0.255. The number of carbonyl (C=O) groups is 1. The first-order chi connectivity index (χ1) is 8.61. The highest BCUT2D eigenvalue weighted by Crippen LogP contribution is 2.26. The van der Waals surface area contributed by atoms with Crippen LogP contribution in [0.25, 0.3) is 11.1 Å². The Labute approximate surface area is 110 Å². The summed E-state index contributed by atoms with van der Waals surface area (Å²) in [6.45, 7) is 0. The molecule has 92 valence electrons. The summed E-state index contributed by atoms with van der Waals surface area (Å²) in [7, 11) is 1.60. The van der Waals surface area contributed by atoms with Gasteiger partial charge in [0, 0.05) is 5.56 Å². The summed E-state index contributed by atoms with van der Waals surface area (Å²) >= 11 is 5.89. The molecule has 0 spiro atoms. The van der Waals surface area contributed by atoms with Crippen LogP contribution in [0.2, 0.25) is 5.02 Å². The largest absolute Gasteiger partial charge is 0.545 e. The molecule has 2 aromatic rings. The van der Waals surface area contributed by atoms with Gasteiger partial charge in [0.2, 0.25) is 0 Å². The smallest absolute Gasteiger partial charge is 0.118 e. The molecule has 0 radical (unpaired) electrons. The van der Waals surface area contributed by atoms with E-state index in [2.05, 4.69) is 0 Å². The molecule has 0 aliphatic carbocycles. The fraction of sp³-hybridized carbons (Fsp3) is 0.0714. The van der Waals surface area contributed by atoms with Crippen LogP contribution in [0.15, 0.2) is 42.5 Å². The fourth-order valence-corrected chi connectivity index (χ4v) is 1.90. The molecular weight excluding hydrogens is 252 g/mol. The SMILES string of the molecule is COc1ccc(-c2ccc(C(=O)[O-])c(Cl)c2)cc1. The summed E-state index contributed by atoms with van der Waals surface area (Å²) in [5, 5.41) is 10.9. The highest BCUT2D eigenvalue weighted by atomic mass is 35.5. The van der Waals surface area contributed by atoms with E-state index in [-0.39, 0.29) is 10.6 Å². The van der Waals surface area contributed by atoms with E-state index < -0.39 is 5.97 Å². The molecule has 0 bridgehead atoms. The Kier molecular flexibility index (Phi) is 3.53. The van der Waals surface area contributed by atoms with Gasteiger partial charge in [-0.3, -0.25) is 0 Å². The number of ether oxygens (including phenoxy) is 1. The summed E-state index contributed by atoms with van der Waals surface area (Å²) in [5.41, 5.74) is 1.77. The molecule has 0 unspecified atom stereocenters. The maximum atomic E-state index is 10.7. The zero-order valence-corrected chi connectivity index (χ0v) is 10.4. The molecule has 0 aliphatic rings. The number of aromatic carboxylic acids is 1. The van der Waals surface area contributed by atoms with Gasteiger partial charge in [0.15, 0.2) is 0 Å². The van der Waals surface area contributed by atoms with Crippen LogP contribution in [0.5, 0.6) is 5.75 Å². The number of carbonyl (C=O) groups excluding carboxylic acids is 1. The fourth-order valence-electron chi connectivity index (χ4n) is 1.64. The molecular formula is C14H10ClO3-. The van der Waals surface area contributed by atoms with Gasteiger partial charge in [-0.05, 0) is 29.3 Å². The average molecular weight is 262 g/mol. The number of hydrogen-bond donors (Lipinski definition) is 0. The first kappa shape index (κ1) is 12.5. The number of carboxylic acids is 1. The first-order valence-corrected chi connectivity index (χ1v) is 5.65. The molecule has 0 amide bonds. The van der Waals surface area contributed by atoms with Gasteiger partial charge in [0.25, 0.3) is 0 Å². The summed E-state index contributed by atoms with van der Waals surface area (Å²) in [6.07, 6.45) is 0. The van der Waals surface area contributed by atoms with Crippen molar-refractivity contribution in [2.75, 3.05) is 7.11 Å². The molecule has 0 heterocycles. The van der Waals surface area contributed by atoms with Gasteiger partial charge in [-0.1, -0.05) is 35.9 Å². The standard InChI is InChI=1S/C14H11ClO3/c1-18-11-5-2-9(3-6-11)10-4-7-12(14(16)17)13(15)8-10/h2-8H,1H3,(H,16,17)/p-1. The Morgan fingerprint density at radius 3 is 2.22 bits per heavy atom. The van der Waals surface area contributed by atoms with E-state index in [1.165, 1.54) is 6.07 Å². The minimum absolute atomic E-state index is 0.00562. The van der Waals surface area contributed by atoms with E-state index in [4.69, 9.17) is 16.3 Å². The molecule has 0 N–H and O–H groups in total. The lowest BCUT2D eigenvalue weighted by atomic mass is 10.0. The second-order valence-corrected chi connectivity index (χ2v) is 4.12. The van der Waals surface area contributed by atoms with Crippen LogP contribution in [0.3, 0.4) is 0 Å². The lowest BCUT2D eigenvalue weighted by Crippen LogP contribution is -2.22. The lowest BCUT2D eigenvalue weighted by Gasteiger charge is -2.08. The normalized spacial score (nSPS) is 10.1.